The molecule has 20 heavy (non-hydrogen) atoms. The van der Waals surface area contributed by atoms with Crippen molar-refractivity contribution >= 4 is 17.6 Å². The topological polar surface area (TPSA) is 59.4 Å². The summed E-state index contributed by atoms with van der Waals surface area (Å²) in [5.74, 6) is -0.376. The van der Waals surface area contributed by atoms with Gasteiger partial charge in [0.15, 0.2) is 0 Å². The third kappa shape index (κ3) is 5.88. The Morgan fingerprint density at radius 2 is 2.05 bits per heavy atom. The van der Waals surface area contributed by atoms with Crippen LogP contribution in [0.2, 0.25) is 5.15 Å². The van der Waals surface area contributed by atoms with Crippen LogP contribution in [0.5, 0.6) is 0 Å². The molecule has 1 aromatic rings. The minimum atomic E-state index is -0.541. The number of aliphatic hydroxyl groups is 1. The van der Waals surface area contributed by atoms with E-state index in [0.29, 0.717) is 5.56 Å². The van der Waals surface area contributed by atoms with Gasteiger partial charge in [0.2, 0.25) is 0 Å². The van der Waals surface area contributed by atoms with E-state index in [2.05, 4.69) is 4.98 Å². The van der Waals surface area contributed by atoms with E-state index >= 15 is 0 Å². The largest absolute Gasteiger partial charge is 0.456 e. The Bertz CT molecular complexity index is 455. The van der Waals surface area contributed by atoms with E-state index in [4.69, 9.17) is 21.4 Å². The number of hydrogen-bond donors (Lipinski definition) is 1. The molecule has 0 aliphatic heterocycles. The maximum Gasteiger partial charge on any atom is 0.339 e. The summed E-state index contributed by atoms with van der Waals surface area (Å²) in [5, 5.41) is 9.05. The van der Waals surface area contributed by atoms with Gasteiger partial charge < -0.3 is 9.84 Å². The Morgan fingerprint density at radius 1 is 1.35 bits per heavy atom. The summed E-state index contributed by atoms with van der Waals surface area (Å²) in [6, 6.07) is 1.55. The molecule has 0 aliphatic carbocycles. The van der Waals surface area contributed by atoms with E-state index in [0.717, 1.165) is 31.2 Å². The molecule has 0 fully saturated rings. The van der Waals surface area contributed by atoms with Gasteiger partial charge in [0.25, 0.3) is 0 Å². The highest BCUT2D eigenvalue weighted by molar-refractivity contribution is 6.29. The van der Waals surface area contributed by atoms with Gasteiger partial charge in [0.1, 0.15) is 10.8 Å². The van der Waals surface area contributed by atoms with Crippen molar-refractivity contribution in [2.75, 3.05) is 6.61 Å². The number of esters is 1. The molecular formula is C15H22ClNO3. The van der Waals surface area contributed by atoms with Crippen molar-refractivity contribution in [2.24, 2.45) is 0 Å². The number of aliphatic hydroxyl groups excluding tert-OH is 1. The third-order valence-electron chi connectivity index (χ3n) is 2.68. The molecule has 0 spiro atoms. The molecule has 0 bridgehead atoms. The van der Waals surface area contributed by atoms with Crippen LogP contribution in [0.3, 0.4) is 0 Å². The highest BCUT2D eigenvalue weighted by atomic mass is 35.5. The molecule has 0 saturated heterocycles. The van der Waals surface area contributed by atoms with Gasteiger partial charge in [-0.2, -0.15) is 0 Å². The first-order valence-electron chi connectivity index (χ1n) is 6.82. The predicted octanol–water partition coefficient (Wildman–Crippen LogP) is 3.40. The Balaban J connectivity index is 2.82. The lowest BCUT2D eigenvalue weighted by Crippen LogP contribution is -2.24. The van der Waals surface area contributed by atoms with Crippen molar-refractivity contribution in [2.45, 2.75) is 52.1 Å². The standard InChI is InChI=1S/C15H22ClNO3/c1-15(2,3)20-14(19)12-9-13(16)17-10-11(12)7-5-4-6-8-18/h9-10,18H,4-8H2,1-3H3. The van der Waals surface area contributed by atoms with Gasteiger partial charge in [-0.1, -0.05) is 18.0 Å². The minimum absolute atomic E-state index is 0.192. The predicted molar refractivity (Wildman–Crippen MR) is 79.1 cm³/mol. The first kappa shape index (κ1) is 16.9. The van der Waals surface area contributed by atoms with Gasteiger partial charge in [-0.3, -0.25) is 0 Å². The normalized spacial score (nSPS) is 11.4. The van der Waals surface area contributed by atoms with Crippen LogP contribution in [-0.2, 0) is 11.2 Å². The fraction of sp³-hybridized carbons (Fsp3) is 0.600. The summed E-state index contributed by atoms with van der Waals surface area (Å²) < 4.78 is 5.38. The summed E-state index contributed by atoms with van der Waals surface area (Å²) in [6.07, 6.45) is 4.91. The van der Waals surface area contributed by atoms with Crippen LogP contribution < -0.4 is 0 Å². The van der Waals surface area contributed by atoms with Crippen molar-refractivity contribution in [1.29, 1.82) is 0 Å². The number of rotatable bonds is 6. The van der Waals surface area contributed by atoms with Gasteiger partial charge in [-0.15, -0.1) is 0 Å². The summed E-state index contributed by atoms with van der Waals surface area (Å²) >= 11 is 5.86. The highest BCUT2D eigenvalue weighted by Gasteiger charge is 2.20. The number of carbonyl (C=O) groups excluding carboxylic acids is 1. The minimum Gasteiger partial charge on any atom is -0.456 e. The summed E-state index contributed by atoms with van der Waals surface area (Å²) in [7, 11) is 0. The molecule has 1 N–H and O–H groups in total. The maximum absolute atomic E-state index is 12.2. The molecule has 0 aromatic carbocycles. The number of unbranched alkanes of at least 4 members (excludes halogenated alkanes) is 2. The summed E-state index contributed by atoms with van der Waals surface area (Å²) in [5.41, 5.74) is 0.770. The zero-order valence-corrected chi connectivity index (χ0v) is 13.0. The second-order valence-electron chi connectivity index (χ2n) is 5.70. The van der Waals surface area contributed by atoms with Gasteiger partial charge in [-0.05, 0) is 51.7 Å². The maximum atomic E-state index is 12.2. The van der Waals surface area contributed by atoms with Crippen LogP contribution in [-0.4, -0.2) is 28.3 Å². The Hall–Kier alpha value is -1.13. The number of aromatic nitrogens is 1. The Labute approximate surface area is 125 Å². The van der Waals surface area contributed by atoms with E-state index in [1.165, 1.54) is 0 Å². The van der Waals surface area contributed by atoms with Crippen molar-refractivity contribution < 1.29 is 14.6 Å². The monoisotopic (exact) mass is 299 g/mol. The van der Waals surface area contributed by atoms with Crippen LogP contribution >= 0.6 is 11.6 Å². The quantitative estimate of drug-likeness (QED) is 0.497. The molecule has 0 radical (unpaired) electrons. The van der Waals surface area contributed by atoms with Crippen LogP contribution in [0.15, 0.2) is 12.3 Å². The summed E-state index contributed by atoms with van der Waals surface area (Å²) in [4.78, 5) is 16.2. The van der Waals surface area contributed by atoms with E-state index in [9.17, 15) is 4.79 Å². The summed E-state index contributed by atoms with van der Waals surface area (Å²) in [6.45, 7) is 5.68. The van der Waals surface area contributed by atoms with Crippen molar-refractivity contribution in [3.63, 3.8) is 0 Å². The van der Waals surface area contributed by atoms with Gasteiger partial charge in [0, 0.05) is 12.8 Å². The molecule has 0 unspecified atom stereocenters. The molecule has 5 heteroatoms. The number of carbonyl (C=O) groups is 1. The zero-order valence-electron chi connectivity index (χ0n) is 12.3. The molecule has 1 aromatic heterocycles. The van der Waals surface area contributed by atoms with Gasteiger partial charge >= 0.3 is 5.97 Å². The molecule has 0 atom stereocenters. The number of hydrogen-bond acceptors (Lipinski definition) is 4. The smallest absolute Gasteiger partial charge is 0.339 e. The fourth-order valence-electron chi connectivity index (χ4n) is 1.78. The van der Waals surface area contributed by atoms with Gasteiger partial charge in [0.05, 0.1) is 5.56 Å². The Morgan fingerprint density at radius 3 is 2.65 bits per heavy atom. The van der Waals surface area contributed by atoms with Crippen LogP contribution in [0.1, 0.15) is 56.0 Å². The molecule has 0 aliphatic rings. The fourth-order valence-corrected chi connectivity index (χ4v) is 1.94. The molecular weight excluding hydrogens is 278 g/mol. The van der Waals surface area contributed by atoms with Crippen molar-refractivity contribution in [3.8, 4) is 0 Å². The van der Waals surface area contributed by atoms with E-state index in [1.54, 1.807) is 12.3 Å². The first-order chi connectivity index (χ1) is 9.33. The number of aryl methyl sites for hydroxylation is 1. The van der Waals surface area contributed by atoms with Crippen molar-refractivity contribution in [1.82, 2.24) is 4.98 Å². The molecule has 4 nitrogen and oxygen atoms in total. The second kappa shape index (κ2) is 7.60. The van der Waals surface area contributed by atoms with Crippen molar-refractivity contribution in [3.05, 3.63) is 28.5 Å². The van der Waals surface area contributed by atoms with Gasteiger partial charge in [-0.25, -0.2) is 9.78 Å². The first-order valence-corrected chi connectivity index (χ1v) is 7.20. The second-order valence-corrected chi connectivity index (χ2v) is 6.09. The lowest BCUT2D eigenvalue weighted by molar-refractivity contribution is 0.00681. The highest BCUT2D eigenvalue weighted by Crippen LogP contribution is 2.19. The zero-order chi connectivity index (χ0) is 15.2. The molecule has 0 amide bonds. The van der Waals surface area contributed by atoms with E-state index in [1.807, 2.05) is 20.8 Å². The Kier molecular flexibility index (Phi) is 6.43. The van der Waals surface area contributed by atoms with Crippen LogP contribution in [0.4, 0.5) is 0 Å². The SMILES string of the molecule is CC(C)(C)OC(=O)c1cc(Cl)ncc1CCCCCO. The van der Waals surface area contributed by atoms with Crippen LogP contribution in [0.25, 0.3) is 0 Å². The molecule has 112 valence electrons. The molecule has 1 rings (SSSR count). The number of halogens is 1. The number of nitrogens with zero attached hydrogens (tertiary/aromatic N) is 1. The van der Waals surface area contributed by atoms with E-state index in [-0.39, 0.29) is 17.7 Å². The average Bonchev–Trinajstić information content (AvgIpc) is 2.34. The lowest BCUT2D eigenvalue weighted by Gasteiger charge is -2.20. The molecule has 1 heterocycles. The number of ether oxygens (including phenoxy) is 1. The average molecular weight is 300 g/mol. The van der Waals surface area contributed by atoms with E-state index < -0.39 is 5.60 Å². The lowest BCUT2D eigenvalue weighted by atomic mass is 10.0. The number of pyridine rings is 1. The third-order valence-corrected chi connectivity index (χ3v) is 2.88. The molecule has 0 saturated carbocycles. The van der Waals surface area contributed by atoms with Crippen LogP contribution in [0, 0.1) is 0 Å².